The molecule has 0 bridgehead atoms. The normalized spacial score (nSPS) is 18.9. The molecule has 0 aliphatic carbocycles. The topological polar surface area (TPSA) is 67.9 Å². The van der Waals surface area contributed by atoms with Crippen LogP contribution in [-0.2, 0) is 19.1 Å². The maximum atomic E-state index is 12.8. The molecule has 1 aromatic carbocycles. The van der Waals surface area contributed by atoms with Gasteiger partial charge in [-0.25, -0.2) is 4.39 Å². The highest BCUT2D eigenvalue weighted by Crippen LogP contribution is 2.26. The van der Waals surface area contributed by atoms with E-state index in [1.165, 1.54) is 36.0 Å². The van der Waals surface area contributed by atoms with Crippen molar-refractivity contribution in [1.82, 2.24) is 4.90 Å². The number of carbonyl (C=O) groups excluding carboxylic acids is 2. The standard InChI is InChI=1S/C18H23FN2O4S/c19-14-1-3-15(4-2-14)20-16(22)11-26-12-17(23)21-7-5-13(6-8-21)18-24-9-10-25-18/h1-4,13,18H,5-12H2,(H,20,22). The van der Waals surface area contributed by atoms with Gasteiger partial charge in [-0.3, -0.25) is 9.59 Å². The van der Waals surface area contributed by atoms with Crippen molar-refractivity contribution in [3.05, 3.63) is 30.1 Å². The Hall–Kier alpha value is -1.64. The minimum absolute atomic E-state index is 0.0521. The molecule has 1 N–H and O–H groups in total. The zero-order valence-corrected chi connectivity index (χ0v) is 15.3. The molecular weight excluding hydrogens is 359 g/mol. The summed E-state index contributed by atoms with van der Waals surface area (Å²) in [6.07, 6.45) is 1.65. The zero-order chi connectivity index (χ0) is 18.4. The zero-order valence-electron chi connectivity index (χ0n) is 14.5. The molecule has 2 aliphatic rings. The fraction of sp³-hybridized carbons (Fsp3) is 0.556. The first-order valence-electron chi connectivity index (χ1n) is 8.76. The summed E-state index contributed by atoms with van der Waals surface area (Å²) in [6, 6.07) is 5.59. The van der Waals surface area contributed by atoms with E-state index >= 15 is 0 Å². The highest BCUT2D eigenvalue weighted by molar-refractivity contribution is 8.00. The SMILES string of the molecule is O=C(CSCC(=O)N1CCC(C2OCCO2)CC1)Nc1ccc(F)cc1. The number of hydrogen-bond donors (Lipinski definition) is 1. The number of amides is 2. The molecule has 2 fully saturated rings. The largest absolute Gasteiger partial charge is 0.350 e. The van der Waals surface area contributed by atoms with Crippen LogP contribution in [0.1, 0.15) is 12.8 Å². The first kappa shape index (κ1) is 19.1. The lowest BCUT2D eigenvalue weighted by Crippen LogP contribution is -2.42. The van der Waals surface area contributed by atoms with Gasteiger partial charge in [0.15, 0.2) is 6.29 Å². The number of anilines is 1. The summed E-state index contributed by atoms with van der Waals surface area (Å²) < 4.78 is 23.9. The third kappa shape index (κ3) is 5.43. The number of thioether (sulfide) groups is 1. The molecule has 142 valence electrons. The summed E-state index contributed by atoms with van der Waals surface area (Å²) in [5, 5.41) is 2.68. The smallest absolute Gasteiger partial charge is 0.234 e. The molecule has 0 saturated carbocycles. The van der Waals surface area contributed by atoms with Crippen LogP contribution >= 0.6 is 11.8 Å². The van der Waals surface area contributed by atoms with Crippen molar-refractivity contribution in [3.8, 4) is 0 Å². The molecule has 2 heterocycles. The predicted octanol–water partition coefficient (Wildman–Crippen LogP) is 2.11. The van der Waals surface area contributed by atoms with Crippen molar-refractivity contribution in [2.45, 2.75) is 19.1 Å². The minimum atomic E-state index is -0.349. The lowest BCUT2D eigenvalue weighted by Gasteiger charge is -2.33. The van der Waals surface area contributed by atoms with Crippen molar-refractivity contribution >= 4 is 29.3 Å². The van der Waals surface area contributed by atoms with Gasteiger partial charge in [-0.15, -0.1) is 11.8 Å². The number of benzene rings is 1. The molecule has 2 aliphatic heterocycles. The molecule has 8 heteroatoms. The monoisotopic (exact) mass is 382 g/mol. The predicted molar refractivity (Wildman–Crippen MR) is 97.4 cm³/mol. The fourth-order valence-electron chi connectivity index (χ4n) is 3.12. The number of piperidine rings is 1. The Bertz CT molecular complexity index is 614. The molecular formula is C18H23FN2O4S. The number of hydrogen-bond acceptors (Lipinski definition) is 5. The quantitative estimate of drug-likeness (QED) is 0.816. The van der Waals surface area contributed by atoms with Gasteiger partial charge in [0.1, 0.15) is 5.82 Å². The Kier molecular flexibility index (Phi) is 6.87. The van der Waals surface area contributed by atoms with Gasteiger partial charge >= 0.3 is 0 Å². The number of rotatable bonds is 6. The van der Waals surface area contributed by atoms with E-state index in [2.05, 4.69) is 5.32 Å². The fourth-order valence-corrected chi connectivity index (χ4v) is 3.84. The van der Waals surface area contributed by atoms with Crippen LogP contribution in [0, 0.1) is 11.7 Å². The van der Waals surface area contributed by atoms with Gasteiger partial charge < -0.3 is 19.7 Å². The number of likely N-dealkylation sites (tertiary alicyclic amines) is 1. The van der Waals surface area contributed by atoms with E-state index in [0.717, 1.165) is 12.8 Å². The molecule has 2 saturated heterocycles. The van der Waals surface area contributed by atoms with Crippen LogP contribution in [-0.4, -0.2) is 60.8 Å². The molecule has 6 nitrogen and oxygen atoms in total. The summed E-state index contributed by atoms with van der Waals surface area (Å²) in [7, 11) is 0. The third-order valence-corrected chi connectivity index (χ3v) is 5.43. The molecule has 0 atom stereocenters. The average molecular weight is 382 g/mol. The maximum absolute atomic E-state index is 12.8. The van der Waals surface area contributed by atoms with Crippen LogP contribution in [0.15, 0.2) is 24.3 Å². The Balaban J connectivity index is 1.32. The third-order valence-electron chi connectivity index (χ3n) is 4.51. The van der Waals surface area contributed by atoms with Crippen LogP contribution in [0.5, 0.6) is 0 Å². The van der Waals surface area contributed by atoms with Crippen LogP contribution in [0.2, 0.25) is 0 Å². The van der Waals surface area contributed by atoms with E-state index in [1.807, 2.05) is 4.90 Å². The highest BCUT2D eigenvalue weighted by Gasteiger charge is 2.31. The molecule has 3 rings (SSSR count). The van der Waals surface area contributed by atoms with E-state index in [-0.39, 0.29) is 35.4 Å². The van der Waals surface area contributed by atoms with Gasteiger partial charge in [-0.1, -0.05) is 0 Å². The lowest BCUT2D eigenvalue weighted by atomic mass is 9.96. The molecule has 0 radical (unpaired) electrons. The lowest BCUT2D eigenvalue weighted by molar-refractivity contribution is -0.134. The van der Waals surface area contributed by atoms with E-state index in [1.54, 1.807) is 0 Å². The van der Waals surface area contributed by atoms with Gasteiger partial charge in [0.05, 0.1) is 24.7 Å². The van der Waals surface area contributed by atoms with Crippen molar-refractivity contribution in [2.75, 3.05) is 43.1 Å². The van der Waals surface area contributed by atoms with Crippen LogP contribution in [0.3, 0.4) is 0 Å². The minimum Gasteiger partial charge on any atom is -0.350 e. The van der Waals surface area contributed by atoms with E-state index < -0.39 is 0 Å². The summed E-state index contributed by atoms with van der Waals surface area (Å²) in [4.78, 5) is 26.0. The van der Waals surface area contributed by atoms with Gasteiger partial charge in [0.2, 0.25) is 11.8 Å². The molecule has 0 aromatic heterocycles. The second-order valence-electron chi connectivity index (χ2n) is 6.38. The van der Waals surface area contributed by atoms with Gasteiger partial charge in [0, 0.05) is 24.7 Å². The van der Waals surface area contributed by atoms with Gasteiger partial charge in [-0.2, -0.15) is 0 Å². The summed E-state index contributed by atoms with van der Waals surface area (Å²) >= 11 is 1.28. The Labute approximate surface area is 156 Å². The summed E-state index contributed by atoms with van der Waals surface area (Å²) in [6.45, 7) is 2.71. The average Bonchev–Trinajstić information content (AvgIpc) is 3.18. The second kappa shape index (κ2) is 9.34. The molecule has 26 heavy (non-hydrogen) atoms. The molecule has 1 aromatic rings. The van der Waals surface area contributed by atoms with Crippen molar-refractivity contribution in [2.24, 2.45) is 5.92 Å². The highest BCUT2D eigenvalue weighted by atomic mass is 32.2. The molecule has 2 amide bonds. The number of nitrogens with one attached hydrogen (secondary N) is 1. The Morgan fingerprint density at radius 3 is 2.42 bits per heavy atom. The van der Waals surface area contributed by atoms with Crippen molar-refractivity contribution in [3.63, 3.8) is 0 Å². The first-order chi connectivity index (χ1) is 12.6. The Morgan fingerprint density at radius 2 is 1.77 bits per heavy atom. The number of ether oxygens (including phenoxy) is 2. The van der Waals surface area contributed by atoms with Crippen LogP contribution in [0.4, 0.5) is 10.1 Å². The van der Waals surface area contributed by atoms with Gasteiger partial charge in [-0.05, 0) is 37.1 Å². The number of halogens is 1. The van der Waals surface area contributed by atoms with E-state index in [4.69, 9.17) is 9.47 Å². The van der Waals surface area contributed by atoms with Crippen LogP contribution in [0.25, 0.3) is 0 Å². The second-order valence-corrected chi connectivity index (χ2v) is 7.36. The number of nitrogens with zero attached hydrogens (tertiary/aromatic N) is 1. The Morgan fingerprint density at radius 1 is 1.12 bits per heavy atom. The van der Waals surface area contributed by atoms with E-state index in [9.17, 15) is 14.0 Å². The van der Waals surface area contributed by atoms with E-state index in [0.29, 0.717) is 37.9 Å². The molecule has 0 spiro atoms. The first-order valence-corrected chi connectivity index (χ1v) is 9.91. The maximum Gasteiger partial charge on any atom is 0.234 e. The van der Waals surface area contributed by atoms with Crippen LogP contribution < -0.4 is 5.32 Å². The molecule has 0 unspecified atom stereocenters. The van der Waals surface area contributed by atoms with Crippen molar-refractivity contribution < 1.29 is 23.5 Å². The summed E-state index contributed by atoms with van der Waals surface area (Å²) in [5.74, 6) is 0.315. The summed E-state index contributed by atoms with van der Waals surface area (Å²) in [5.41, 5.74) is 0.543. The van der Waals surface area contributed by atoms with Crippen molar-refractivity contribution in [1.29, 1.82) is 0 Å². The van der Waals surface area contributed by atoms with Gasteiger partial charge in [0.25, 0.3) is 0 Å². The number of carbonyl (C=O) groups is 2.